The second-order valence-corrected chi connectivity index (χ2v) is 5.66. The normalized spacial score (nSPS) is 12.4. The van der Waals surface area contributed by atoms with E-state index in [0.717, 1.165) is 4.47 Å². The highest BCUT2D eigenvalue weighted by Crippen LogP contribution is 2.33. The number of fused-ring (bicyclic) bond motifs is 1. The lowest BCUT2D eigenvalue weighted by Crippen LogP contribution is -2.41. The molecular formula is C16H13BrN2O4. The van der Waals surface area contributed by atoms with E-state index in [4.69, 9.17) is 9.47 Å². The van der Waals surface area contributed by atoms with Crippen LogP contribution < -0.4 is 20.3 Å². The summed E-state index contributed by atoms with van der Waals surface area (Å²) < 4.78 is 11.8. The van der Waals surface area contributed by atoms with Crippen molar-refractivity contribution in [3.05, 3.63) is 58.1 Å². The topological polar surface area (TPSA) is 76.7 Å². The summed E-state index contributed by atoms with van der Waals surface area (Å²) in [5.74, 6) is 0.0166. The lowest BCUT2D eigenvalue weighted by atomic mass is 10.1. The molecule has 118 valence electrons. The van der Waals surface area contributed by atoms with E-state index < -0.39 is 11.8 Å². The van der Waals surface area contributed by atoms with E-state index >= 15 is 0 Å². The predicted molar refractivity (Wildman–Crippen MR) is 86.5 cm³/mol. The molecular weight excluding hydrogens is 364 g/mol. The molecule has 0 atom stereocenters. The molecule has 1 heterocycles. The van der Waals surface area contributed by atoms with Crippen molar-refractivity contribution in [1.29, 1.82) is 0 Å². The highest BCUT2D eigenvalue weighted by atomic mass is 79.9. The second kappa shape index (κ2) is 6.70. The minimum Gasteiger partial charge on any atom is -0.486 e. The summed E-state index contributed by atoms with van der Waals surface area (Å²) >= 11 is 3.30. The molecule has 0 bridgehead atoms. The molecule has 0 aromatic heterocycles. The number of halogens is 1. The number of hydrogen-bond acceptors (Lipinski definition) is 4. The molecule has 7 heteroatoms. The Bertz CT molecular complexity index is 746. The molecule has 0 unspecified atom stereocenters. The summed E-state index contributed by atoms with van der Waals surface area (Å²) in [5.41, 5.74) is 5.49. The monoisotopic (exact) mass is 376 g/mol. The first kappa shape index (κ1) is 15.4. The number of amides is 2. The first-order valence-corrected chi connectivity index (χ1v) is 7.69. The highest BCUT2D eigenvalue weighted by Gasteiger charge is 2.20. The third-order valence-electron chi connectivity index (χ3n) is 3.21. The van der Waals surface area contributed by atoms with Gasteiger partial charge >= 0.3 is 0 Å². The summed E-state index contributed by atoms with van der Waals surface area (Å²) in [4.78, 5) is 24.2. The molecule has 0 spiro atoms. The first-order valence-electron chi connectivity index (χ1n) is 6.90. The fourth-order valence-electron chi connectivity index (χ4n) is 2.11. The smallest absolute Gasteiger partial charge is 0.273 e. The summed E-state index contributed by atoms with van der Waals surface area (Å²) in [6.07, 6.45) is 0. The van der Waals surface area contributed by atoms with Crippen LogP contribution in [0.3, 0.4) is 0 Å². The van der Waals surface area contributed by atoms with Crippen molar-refractivity contribution >= 4 is 27.7 Å². The van der Waals surface area contributed by atoms with Crippen molar-refractivity contribution in [2.24, 2.45) is 0 Å². The lowest BCUT2D eigenvalue weighted by Gasteiger charge is -2.20. The van der Waals surface area contributed by atoms with Crippen LogP contribution in [-0.2, 0) is 0 Å². The molecule has 2 N–H and O–H groups in total. The lowest BCUT2D eigenvalue weighted by molar-refractivity contribution is 0.0841. The Kier molecular flexibility index (Phi) is 4.47. The predicted octanol–water partition coefficient (Wildman–Crippen LogP) is 2.30. The van der Waals surface area contributed by atoms with Gasteiger partial charge in [-0.2, -0.15) is 0 Å². The van der Waals surface area contributed by atoms with Gasteiger partial charge in [-0.25, -0.2) is 0 Å². The number of hydrazine groups is 1. The number of ether oxygens (including phenoxy) is 2. The minimum atomic E-state index is -0.474. The molecule has 2 aromatic rings. The van der Waals surface area contributed by atoms with E-state index in [1.54, 1.807) is 42.5 Å². The van der Waals surface area contributed by atoms with Crippen LogP contribution in [0.25, 0.3) is 0 Å². The Balaban J connectivity index is 1.68. The Morgan fingerprint density at radius 1 is 0.913 bits per heavy atom. The van der Waals surface area contributed by atoms with Gasteiger partial charge in [-0.1, -0.05) is 22.0 Å². The number of carbonyl (C=O) groups excluding carboxylic acids is 2. The highest BCUT2D eigenvalue weighted by molar-refractivity contribution is 9.10. The van der Waals surface area contributed by atoms with Crippen molar-refractivity contribution in [3.8, 4) is 11.5 Å². The van der Waals surface area contributed by atoms with Crippen molar-refractivity contribution in [3.63, 3.8) is 0 Å². The van der Waals surface area contributed by atoms with Gasteiger partial charge in [0.05, 0.1) is 5.56 Å². The molecule has 0 aliphatic carbocycles. The van der Waals surface area contributed by atoms with Gasteiger partial charge in [-0.05, 0) is 36.4 Å². The molecule has 2 aromatic carbocycles. The molecule has 1 aliphatic heterocycles. The SMILES string of the molecule is O=C(NNC(=O)c1cccc2c1OCCO2)c1ccc(Br)cc1. The number of carbonyl (C=O) groups is 2. The van der Waals surface area contributed by atoms with Gasteiger partial charge in [-0.3, -0.25) is 20.4 Å². The van der Waals surface area contributed by atoms with Gasteiger partial charge in [0.1, 0.15) is 13.2 Å². The van der Waals surface area contributed by atoms with Crippen molar-refractivity contribution in [2.75, 3.05) is 13.2 Å². The van der Waals surface area contributed by atoms with Crippen molar-refractivity contribution in [1.82, 2.24) is 10.9 Å². The fraction of sp³-hybridized carbons (Fsp3) is 0.125. The molecule has 0 fully saturated rings. The maximum atomic E-state index is 12.2. The van der Waals surface area contributed by atoms with Crippen LogP contribution in [0.2, 0.25) is 0 Å². The third-order valence-corrected chi connectivity index (χ3v) is 3.74. The fourth-order valence-corrected chi connectivity index (χ4v) is 2.37. The minimum absolute atomic E-state index is 0.304. The standard InChI is InChI=1S/C16H13BrN2O4/c17-11-6-4-10(5-7-11)15(20)18-19-16(21)12-2-1-3-13-14(12)23-9-8-22-13/h1-7H,8-9H2,(H,18,20)(H,19,21). The zero-order valence-corrected chi connectivity index (χ0v) is 13.6. The van der Waals surface area contributed by atoms with Gasteiger partial charge in [0, 0.05) is 10.0 Å². The summed E-state index contributed by atoms with van der Waals surface area (Å²) in [5, 5.41) is 0. The zero-order valence-electron chi connectivity index (χ0n) is 12.0. The molecule has 0 radical (unpaired) electrons. The number of hydrogen-bond donors (Lipinski definition) is 2. The quantitative estimate of drug-likeness (QED) is 0.788. The Hall–Kier alpha value is -2.54. The maximum Gasteiger partial charge on any atom is 0.273 e. The number of nitrogens with one attached hydrogen (secondary N) is 2. The van der Waals surface area contributed by atoms with Gasteiger partial charge < -0.3 is 9.47 Å². The van der Waals surface area contributed by atoms with Gasteiger partial charge in [0.2, 0.25) is 0 Å². The van der Waals surface area contributed by atoms with E-state index in [0.29, 0.717) is 35.8 Å². The van der Waals surface area contributed by atoms with Crippen molar-refractivity contribution in [2.45, 2.75) is 0 Å². The number of benzene rings is 2. The number of rotatable bonds is 2. The van der Waals surface area contributed by atoms with Crippen LogP contribution in [0, 0.1) is 0 Å². The van der Waals surface area contributed by atoms with Crippen molar-refractivity contribution < 1.29 is 19.1 Å². The molecule has 2 amide bonds. The Morgan fingerprint density at radius 2 is 1.61 bits per heavy atom. The molecule has 0 saturated carbocycles. The molecule has 3 rings (SSSR count). The maximum absolute atomic E-state index is 12.2. The van der Waals surface area contributed by atoms with Crippen LogP contribution in [0.5, 0.6) is 11.5 Å². The van der Waals surface area contributed by atoms with Gasteiger partial charge in [0.15, 0.2) is 11.5 Å². The molecule has 1 aliphatic rings. The summed E-state index contributed by atoms with van der Waals surface area (Å²) in [6.45, 7) is 0.820. The van der Waals surface area contributed by atoms with E-state index in [9.17, 15) is 9.59 Å². The molecule has 0 saturated heterocycles. The summed E-state index contributed by atoms with van der Waals surface area (Å²) in [6, 6.07) is 11.8. The number of para-hydroxylation sites is 1. The van der Waals surface area contributed by atoms with E-state index in [-0.39, 0.29) is 0 Å². The Morgan fingerprint density at radius 3 is 2.39 bits per heavy atom. The van der Waals surface area contributed by atoms with Crippen LogP contribution in [0.4, 0.5) is 0 Å². The second-order valence-electron chi connectivity index (χ2n) is 4.74. The van der Waals surface area contributed by atoms with E-state index in [2.05, 4.69) is 26.8 Å². The molecule has 23 heavy (non-hydrogen) atoms. The average Bonchev–Trinajstić information content (AvgIpc) is 2.59. The first-order chi connectivity index (χ1) is 11.1. The Labute approximate surface area is 140 Å². The van der Waals surface area contributed by atoms with Crippen LogP contribution in [-0.4, -0.2) is 25.0 Å². The average molecular weight is 377 g/mol. The van der Waals surface area contributed by atoms with E-state index in [1.807, 2.05) is 0 Å². The largest absolute Gasteiger partial charge is 0.486 e. The van der Waals surface area contributed by atoms with Crippen LogP contribution >= 0.6 is 15.9 Å². The third kappa shape index (κ3) is 3.45. The van der Waals surface area contributed by atoms with Crippen LogP contribution in [0.1, 0.15) is 20.7 Å². The van der Waals surface area contributed by atoms with Gasteiger partial charge in [-0.15, -0.1) is 0 Å². The van der Waals surface area contributed by atoms with Crippen LogP contribution in [0.15, 0.2) is 46.9 Å². The van der Waals surface area contributed by atoms with Gasteiger partial charge in [0.25, 0.3) is 11.8 Å². The summed E-state index contributed by atoms with van der Waals surface area (Å²) in [7, 11) is 0. The molecule has 6 nitrogen and oxygen atoms in total. The van der Waals surface area contributed by atoms with E-state index in [1.165, 1.54) is 0 Å². The zero-order chi connectivity index (χ0) is 16.2.